The lowest BCUT2D eigenvalue weighted by atomic mass is 10.1. The molecule has 2 heterocycles. The average molecular weight is 248 g/mol. The molecular weight excluding hydrogens is 228 g/mol. The van der Waals surface area contributed by atoms with Crippen LogP contribution in [0.25, 0.3) is 0 Å². The molecule has 0 aromatic carbocycles. The van der Waals surface area contributed by atoms with Crippen LogP contribution in [-0.2, 0) is 6.42 Å². The quantitative estimate of drug-likeness (QED) is 0.829. The normalized spacial score (nSPS) is 16.6. The number of amides is 2. The van der Waals surface area contributed by atoms with Gasteiger partial charge in [0.05, 0.1) is 0 Å². The molecule has 2 rings (SSSR count). The number of rotatable bonds is 3. The first-order chi connectivity index (χ1) is 8.75. The van der Waals surface area contributed by atoms with E-state index in [4.69, 9.17) is 5.73 Å². The molecular formula is C13H20N4O. The summed E-state index contributed by atoms with van der Waals surface area (Å²) < 4.78 is 0. The van der Waals surface area contributed by atoms with Crippen LogP contribution in [0.1, 0.15) is 18.4 Å². The Labute approximate surface area is 107 Å². The van der Waals surface area contributed by atoms with Gasteiger partial charge in [-0.25, -0.2) is 4.79 Å². The molecule has 1 aromatic heterocycles. The van der Waals surface area contributed by atoms with Gasteiger partial charge in [-0.05, 0) is 30.9 Å². The highest BCUT2D eigenvalue weighted by Crippen LogP contribution is 2.07. The Morgan fingerprint density at radius 2 is 2.28 bits per heavy atom. The Morgan fingerprint density at radius 1 is 1.50 bits per heavy atom. The van der Waals surface area contributed by atoms with Crippen molar-refractivity contribution in [2.24, 2.45) is 5.73 Å². The second kappa shape index (κ2) is 6.35. The number of hydrogen-bond acceptors (Lipinski definition) is 3. The predicted octanol–water partition coefficient (Wildman–Crippen LogP) is 0.757. The lowest BCUT2D eigenvalue weighted by molar-refractivity contribution is 0.182. The third kappa shape index (κ3) is 3.70. The molecule has 1 aliphatic heterocycles. The lowest BCUT2D eigenvalue weighted by Gasteiger charge is -2.30. The van der Waals surface area contributed by atoms with Gasteiger partial charge in [-0.2, -0.15) is 0 Å². The molecule has 18 heavy (non-hydrogen) atoms. The molecule has 0 bridgehead atoms. The van der Waals surface area contributed by atoms with Gasteiger partial charge in [-0.1, -0.05) is 6.07 Å². The molecule has 1 saturated heterocycles. The monoisotopic (exact) mass is 248 g/mol. The van der Waals surface area contributed by atoms with Crippen LogP contribution in [0, 0.1) is 0 Å². The van der Waals surface area contributed by atoms with Crippen molar-refractivity contribution in [1.29, 1.82) is 0 Å². The number of carbonyl (C=O) groups is 1. The van der Waals surface area contributed by atoms with Crippen molar-refractivity contribution < 1.29 is 4.79 Å². The fourth-order valence-electron chi connectivity index (χ4n) is 2.07. The molecule has 5 heteroatoms. The number of carbonyl (C=O) groups excluding carboxylic acids is 1. The number of aromatic nitrogens is 1. The number of nitrogens with one attached hydrogen (secondary N) is 1. The number of piperidine rings is 1. The first kappa shape index (κ1) is 12.8. The number of nitrogens with zero attached hydrogens (tertiary/aromatic N) is 2. The van der Waals surface area contributed by atoms with Gasteiger partial charge < -0.3 is 16.0 Å². The molecule has 0 atom stereocenters. The standard InChI is InChI=1S/C13H20N4O/c14-12-4-8-17(9-5-12)13(18)16-7-3-11-2-1-6-15-10-11/h1-2,6,10,12H,3-5,7-9,14H2,(H,16,18). The van der Waals surface area contributed by atoms with Crippen LogP contribution in [0.5, 0.6) is 0 Å². The molecule has 98 valence electrons. The molecule has 1 aromatic rings. The second-order valence-electron chi connectivity index (χ2n) is 4.67. The van der Waals surface area contributed by atoms with Gasteiger partial charge in [0.15, 0.2) is 0 Å². The van der Waals surface area contributed by atoms with Gasteiger partial charge in [0.1, 0.15) is 0 Å². The number of likely N-dealkylation sites (tertiary alicyclic amines) is 1. The summed E-state index contributed by atoms with van der Waals surface area (Å²) in [6, 6.07) is 4.19. The fourth-order valence-corrected chi connectivity index (χ4v) is 2.07. The smallest absolute Gasteiger partial charge is 0.317 e. The maximum atomic E-state index is 11.9. The van der Waals surface area contributed by atoms with E-state index in [9.17, 15) is 4.79 Å². The molecule has 3 N–H and O–H groups in total. The topological polar surface area (TPSA) is 71.2 Å². The highest BCUT2D eigenvalue weighted by Gasteiger charge is 2.19. The number of urea groups is 1. The summed E-state index contributed by atoms with van der Waals surface area (Å²) in [5.74, 6) is 0. The number of hydrogen-bond donors (Lipinski definition) is 2. The molecule has 5 nitrogen and oxygen atoms in total. The van der Waals surface area contributed by atoms with Crippen molar-refractivity contribution in [1.82, 2.24) is 15.2 Å². The largest absolute Gasteiger partial charge is 0.338 e. The molecule has 0 spiro atoms. The van der Waals surface area contributed by atoms with Crippen LogP contribution in [-0.4, -0.2) is 41.6 Å². The Balaban J connectivity index is 1.69. The Kier molecular flexibility index (Phi) is 4.52. The van der Waals surface area contributed by atoms with Gasteiger partial charge in [-0.15, -0.1) is 0 Å². The van der Waals surface area contributed by atoms with Crippen molar-refractivity contribution in [2.45, 2.75) is 25.3 Å². The van der Waals surface area contributed by atoms with E-state index in [-0.39, 0.29) is 12.1 Å². The highest BCUT2D eigenvalue weighted by molar-refractivity contribution is 5.74. The maximum absolute atomic E-state index is 11.9. The minimum Gasteiger partial charge on any atom is -0.338 e. The molecule has 2 amide bonds. The van der Waals surface area contributed by atoms with Gasteiger partial charge in [-0.3, -0.25) is 4.98 Å². The summed E-state index contributed by atoms with van der Waals surface area (Å²) >= 11 is 0. The first-order valence-corrected chi connectivity index (χ1v) is 6.43. The van der Waals surface area contributed by atoms with E-state index >= 15 is 0 Å². The SMILES string of the molecule is NC1CCN(C(=O)NCCc2cccnc2)CC1. The van der Waals surface area contributed by atoms with Crippen LogP contribution in [0.3, 0.4) is 0 Å². The second-order valence-corrected chi connectivity index (χ2v) is 4.67. The summed E-state index contributed by atoms with van der Waals surface area (Å²) in [4.78, 5) is 17.7. The number of nitrogens with two attached hydrogens (primary N) is 1. The van der Waals surface area contributed by atoms with Crippen LogP contribution in [0.4, 0.5) is 4.79 Å². The molecule has 0 aliphatic carbocycles. The Hall–Kier alpha value is -1.62. The van der Waals surface area contributed by atoms with E-state index < -0.39 is 0 Å². The van der Waals surface area contributed by atoms with Crippen LogP contribution in [0.2, 0.25) is 0 Å². The van der Waals surface area contributed by atoms with E-state index in [1.807, 2.05) is 23.2 Å². The predicted molar refractivity (Wildman–Crippen MR) is 70.1 cm³/mol. The summed E-state index contributed by atoms with van der Waals surface area (Å²) in [6.45, 7) is 2.17. The summed E-state index contributed by atoms with van der Waals surface area (Å²) in [7, 11) is 0. The van der Waals surface area contributed by atoms with Gasteiger partial charge >= 0.3 is 6.03 Å². The van der Waals surface area contributed by atoms with Crippen molar-refractivity contribution >= 4 is 6.03 Å². The summed E-state index contributed by atoms with van der Waals surface area (Å²) in [5.41, 5.74) is 6.95. The van der Waals surface area contributed by atoms with Crippen molar-refractivity contribution in [3.63, 3.8) is 0 Å². The van der Waals surface area contributed by atoms with E-state index in [0.29, 0.717) is 6.54 Å². The lowest BCUT2D eigenvalue weighted by Crippen LogP contribution is -2.47. The van der Waals surface area contributed by atoms with E-state index in [1.165, 1.54) is 0 Å². The fraction of sp³-hybridized carbons (Fsp3) is 0.538. The van der Waals surface area contributed by atoms with Crippen LogP contribution < -0.4 is 11.1 Å². The minimum atomic E-state index is 0.0193. The third-order valence-electron chi connectivity index (χ3n) is 3.24. The van der Waals surface area contributed by atoms with Crippen molar-refractivity contribution in [3.8, 4) is 0 Å². The molecule has 0 unspecified atom stereocenters. The van der Waals surface area contributed by atoms with Crippen LogP contribution >= 0.6 is 0 Å². The Bertz CT molecular complexity index is 374. The summed E-state index contributed by atoms with van der Waals surface area (Å²) in [5, 5.41) is 2.93. The third-order valence-corrected chi connectivity index (χ3v) is 3.24. The highest BCUT2D eigenvalue weighted by atomic mass is 16.2. The zero-order valence-corrected chi connectivity index (χ0v) is 10.5. The van der Waals surface area contributed by atoms with Crippen molar-refractivity contribution in [2.75, 3.05) is 19.6 Å². The summed E-state index contributed by atoms with van der Waals surface area (Å²) in [6.07, 6.45) is 6.18. The first-order valence-electron chi connectivity index (χ1n) is 6.43. The average Bonchev–Trinajstić information content (AvgIpc) is 2.40. The minimum absolute atomic E-state index is 0.0193. The Morgan fingerprint density at radius 3 is 2.94 bits per heavy atom. The van der Waals surface area contributed by atoms with Crippen LogP contribution in [0.15, 0.2) is 24.5 Å². The molecule has 1 aliphatic rings. The molecule has 0 saturated carbocycles. The van der Waals surface area contributed by atoms with E-state index in [2.05, 4.69) is 10.3 Å². The maximum Gasteiger partial charge on any atom is 0.317 e. The molecule has 1 fully saturated rings. The zero-order chi connectivity index (χ0) is 12.8. The molecule has 0 radical (unpaired) electrons. The van der Waals surface area contributed by atoms with Crippen molar-refractivity contribution in [3.05, 3.63) is 30.1 Å². The van der Waals surface area contributed by atoms with E-state index in [0.717, 1.165) is 37.9 Å². The van der Waals surface area contributed by atoms with E-state index in [1.54, 1.807) is 6.20 Å². The number of pyridine rings is 1. The van der Waals surface area contributed by atoms with Gasteiger partial charge in [0.25, 0.3) is 0 Å². The van der Waals surface area contributed by atoms with Gasteiger partial charge in [0.2, 0.25) is 0 Å². The van der Waals surface area contributed by atoms with Gasteiger partial charge in [0, 0.05) is 38.1 Å². The zero-order valence-electron chi connectivity index (χ0n) is 10.5.